The summed E-state index contributed by atoms with van der Waals surface area (Å²) in [4.78, 5) is 7.00. The zero-order valence-electron chi connectivity index (χ0n) is 12.6. The highest BCUT2D eigenvalue weighted by atomic mass is 16.5. The van der Waals surface area contributed by atoms with Crippen LogP contribution < -0.4 is 10.6 Å². The molecule has 1 fully saturated rings. The average Bonchev–Trinajstić information content (AvgIpc) is 3.05. The van der Waals surface area contributed by atoms with Gasteiger partial charge in [0.1, 0.15) is 5.82 Å². The van der Waals surface area contributed by atoms with Gasteiger partial charge in [-0.3, -0.25) is 0 Å². The maximum Gasteiger partial charge on any atom is 0.136 e. The molecule has 0 amide bonds. The van der Waals surface area contributed by atoms with Crippen LogP contribution in [0.1, 0.15) is 25.3 Å². The fourth-order valence-corrected chi connectivity index (χ4v) is 3.05. The van der Waals surface area contributed by atoms with Crippen LogP contribution in [-0.2, 0) is 11.3 Å². The number of fused-ring (bicyclic) bond motifs is 1. The molecule has 2 heterocycles. The van der Waals surface area contributed by atoms with Crippen LogP contribution >= 0.6 is 0 Å². The van der Waals surface area contributed by atoms with E-state index in [1.807, 2.05) is 6.20 Å². The fourth-order valence-electron chi connectivity index (χ4n) is 3.05. The Kier molecular flexibility index (Phi) is 4.36. The first kappa shape index (κ1) is 14.3. The van der Waals surface area contributed by atoms with Crippen LogP contribution in [0.5, 0.6) is 0 Å². The van der Waals surface area contributed by atoms with Crippen molar-refractivity contribution in [1.29, 1.82) is 0 Å². The molecule has 2 aromatic rings. The molecule has 0 radical (unpaired) electrons. The van der Waals surface area contributed by atoms with Crippen LogP contribution in [0.4, 0.5) is 5.82 Å². The van der Waals surface area contributed by atoms with E-state index < -0.39 is 0 Å². The molecule has 3 rings (SSSR count). The monoisotopic (exact) mass is 285 g/mol. The largest absolute Gasteiger partial charge is 0.376 e. The van der Waals surface area contributed by atoms with Crippen molar-refractivity contribution in [2.24, 2.45) is 5.73 Å². The van der Waals surface area contributed by atoms with Gasteiger partial charge in [-0.05, 0) is 30.7 Å². The molecule has 21 heavy (non-hydrogen) atoms. The Balaban J connectivity index is 1.97. The third-order valence-corrected chi connectivity index (χ3v) is 4.21. The fraction of sp³-hybridized carbons (Fsp3) is 0.471. The Morgan fingerprint density at radius 3 is 2.81 bits per heavy atom. The van der Waals surface area contributed by atoms with Crippen molar-refractivity contribution in [2.45, 2.75) is 32.4 Å². The van der Waals surface area contributed by atoms with Gasteiger partial charge in [-0.15, -0.1) is 0 Å². The molecule has 0 saturated carbocycles. The van der Waals surface area contributed by atoms with E-state index >= 15 is 0 Å². The average molecular weight is 285 g/mol. The van der Waals surface area contributed by atoms with Crippen molar-refractivity contribution in [3.63, 3.8) is 0 Å². The minimum Gasteiger partial charge on any atom is -0.376 e. The molecule has 1 unspecified atom stereocenters. The molecule has 0 bridgehead atoms. The van der Waals surface area contributed by atoms with Crippen LogP contribution in [0.3, 0.4) is 0 Å². The summed E-state index contributed by atoms with van der Waals surface area (Å²) in [7, 11) is 0. The first-order valence-corrected chi connectivity index (χ1v) is 7.76. The lowest BCUT2D eigenvalue weighted by molar-refractivity contribution is 0.115. The number of likely N-dealkylation sites (N-methyl/N-ethyl adjacent to an activating group) is 1. The number of nitrogens with two attached hydrogens (primary N) is 1. The summed E-state index contributed by atoms with van der Waals surface area (Å²) in [6, 6.07) is 8.38. The molecule has 1 aliphatic rings. The van der Waals surface area contributed by atoms with Gasteiger partial charge in [-0.1, -0.05) is 24.3 Å². The molecule has 0 aliphatic carbocycles. The second-order valence-corrected chi connectivity index (χ2v) is 5.53. The first-order chi connectivity index (χ1) is 10.3. The van der Waals surface area contributed by atoms with Gasteiger partial charge in [-0.25, -0.2) is 4.98 Å². The first-order valence-electron chi connectivity index (χ1n) is 7.76. The number of anilines is 1. The Labute approximate surface area is 125 Å². The molecule has 4 heteroatoms. The topological polar surface area (TPSA) is 51.4 Å². The van der Waals surface area contributed by atoms with Gasteiger partial charge >= 0.3 is 0 Å². The van der Waals surface area contributed by atoms with Crippen molar-refractivity contribution in [1.82, 2.24) is 4.98 Å². The van der Waals surface area contributed by atoms with Crippen molar-refractivity contribution >= 4 is 16.6 Å². The molecule has 1 aromatic carbocycles. The van der Waals surface area contributed by atoms with Gasteiger partial charge in [0.15, 0.2) is 0 Å². The lowest BCUT2D eigenvalue weighted by Crippen LogP contribution is -2.32. The Bertz CT molecular complexity index is 608. The van der Waals surface area contributed by atoms with E-state index in [9.17, 15) is 0 Å². The molecule has 4 nitrogen and oxygen atoms in total. The number of benzene rings is 1. The number of hydrogen-bond donors (Lipinski definition) is 1. The smallest absolute Gasteiger partial charge is 0.136 e. The van der Waals surface area contributed by atoms with E-state index in [0.29, 0.717) is 12.6 Å². The number of ether oxygens (including phenoxy) is 1. The summed E-state index contributed by atoms with van der Waals surface area (Å²) < 4.78 is 5.77. The lowest BCUT2D eigenvalue weighted by Gasteiger charge is -2.26. The molecule has 1 saturated heterocycles. The van der Waals surface area contributed by atoms with E-state index in [2.05, 4.69) is 41.1 Å². The van der Waals surface area contributed by atoms with Crippen molar-refractivity contribution in [2.75, 3.05) is 24.6 Å². The Morgan fingerprint density at radius 1 is 1.33 bits per heavy atom. The predicted octanol–water partition coefficient (Wildman–Crippen LogP) is 2.70. The maximum absolute atomic E-state index is 5.83. The van der Waals surface area contributed by atoms with Gasteiger partial charge in [0.2, 0.25) is 0 Å². The highest BCUT2D eigenvalue weighted by Gasteiger charge is 2.20. The Morgan fingerprint density at radius 2 is 2.14 bits per heavy atom. The van der Waals surface area contributed by atoms with Crippen LogP contribution in [0.2, 0.25) is 0 Å². The van der Waals surface area contributed by atoms with Crippen molar-refractivity contribution in [3.05, 3.63) is 36.0 Å². The number of hydrogen-bond acceptors (Lipinski definition) is 4. The molecule has 1 atom stereocenters. The second kappa shape index (κ2) is 6.41. The summed E-state index contributed by atoms with van der Waals surface area (Å²) in [6.45, 7) is 5.42. The van der Waals surface area contributed by atoms with Crippen molar-refractivity contribution in [3.8, 4) is 0 Å². The van der Waals surface area contributed by atoms with E-state index in [1.165, 1.54) is 17.2 Å². The molecule has 1 aromatic heterocycles. The van der Waals surface area contributed by atoms with Gasteiger partial charge in [0.05, 0.1) is 6.10 Å². The van der Waals surface area contributed by atoms with Gasteiger partial charge < -0.3 is 15.4 Å². The summed E-state index contributed by atoms with van der Waals surface area (Å²) in [5.74, 6) is 1.04. The third kappa shape index (κ3) is 2.87. The molecule has 2 N–H and O–H groups in total. The molecule has 0 spiro atoms. The van der Waals surface area contributed by atoms with E-state index in [4.69, 9.17) is 10.5 Å². The minimum atomic E-state index is 0.333. The minimum absolute atomic E-state index is 0.333. The van der Waals surface area contributed by atoms with E-state index in [0.717, 1.165) is 37.5 Å². The van der Waals surface area contributed by atoms with Crippen LogP contribution in [0.15, 0.2) is 30.5 Å². The van der Waals surface area contributed by atoms with E-state index in [1.54, 1.807) is 0 Å². The molecular weight excluding hydrogens is 262 g/mol. The van der Waals surface area contributed by atoms with Crippen LogP contribution in [-0.4, -0.2) is 30.8 Å². The predicted molar refractivity (Wildman–Crippen MR) is 86.5 cm³/mol. The number of rotatable bonds is 5. The molecular formula is C17H23N3O. The summed E-state index contributed by atoms with van der Waals surface area (Å²) in [6.07, 6.45) is 4.56. The number of nitrogens with zero attached hydrogens (tertiary/aromatic N) is 2. The number of aromatic nitrogens is 1. The summed E-state index contributed by atoms with van der Waals surface area (Å²) >= 11 is 0. The van der Waals surface area contributed by atoms with E-state index in [-0.39, 0.29) is 0 Å². The van der Waals surface area contributed by atoms with Gasteiger partial charge in [0.25, 0.3) is 0 Å². The highest BCUT2D eigenvalue weighted by molar-refractivity contribution is 5.94. The summed E-state index contributed by atoms with van der Waals surface area (Å²) in [5, 5.41) is 2.39. The van der Waals surface area contributed by atoms with Gasteiger partial charge in [0, 0.05) is 37.8 Å². The van der Waals surface area contributed by atoms with Crippen LogP contribution in [0.25, 0.3) is 10.8 Å². The third-order valence-electron chi connectivity index (χ3n) is 4.21. The Hall–Kier alpha value is -1.65. The van der Waals surface area contributed by atoms with Crippen LogP contribution in [0, 0.1) is 0 Å². The molecule has 112 valence electrons. The lowest BCUT2D eigenvalue weighted by atomic mass is 10.1. The molecule has 1 aliphatic heterocycles. The van der Waals surface area contributed by atoms with Gasteiger partial charge in [-0.2, -0.15) is 0 Å². The second-order valence-electron chi connectivity index (χ2n) is 5.53. The standard InChI is InChI=1S/C17H23N3O/c1-2-20(12-14-6-5-9-21-14)17-16-8-4-3-7-15(16)13(10-18)11-19-17/h3-4,7-8,11,14H,2,5-6,9-10,12,18H2,1H3. The zero-order valence-corrected chi connectivity index (χ0v) is 12.6. The summed E-state index contributed by atoms with van der Waals surface area (Å²) in [5.41, 5.74) is 6.93. The number of pyridine rings is 1. The zero-order chi connectivity index (χ0) is 14.7. The maximum atomic E-state index is 5.83. The quantitative estimate of drug-likeness (QED) is 0.917. The normalized spacial score (nSPS) is 18.3. The van der Waals surface area contributed by atoms with Crippen molar-refractivity contribution < 1.29 is 4.74 Å². The highest BCUT2D eigenvalue weighted by Crippen LogP contribution is 2.28. The SMILES string of the molecule is CCN(CC1CCCO1)c1ncc(CN)c2ccccc12.